The van der Waals surface area contributed by atoms with Crippen LogP contribution in [-0.2, 0) is 10.8 Å². The van der Waals surface area contributed by atoms with Crippen LogP contribution in [0.5, 0.6) is 0 Å². The molecule has 1 aliphatic rings. The fraction of sp³-hybridized carbons (Fsp3) is 0.750. The van der Waals surface area contributed by atoms with Gasteiger partial charge >= 0.3 is 0 Å². The van der Waals surface area contributed by atoms with E-state index < -0.39 is 10.8 Å². The van der Waals surface area contributed by atoms with Crippen LogP contribution in [0.2, 0.25) is 0 Å². The van der Waals surface area contributed by atoms with Gasteiger partial charge in [0.1, 0.15) is 0 Å². The molecule has 0 saturated carbocycles. The van der Waals surface area contributed by atoms with Gasteiger partial charge in [0, 0.05) is 34.1 Å². The van der Waals surface area contributed by atoms with Crippen LogP contribution in [-0.4, -0.2) is 15.7 Å². The van der Waals surface area contributed by atoms with Crippen molar-refractivity contribution in [3.8, 4) is 11.8 Å². The van der Waals surface area contributed by atoms with E-state index in [1.54, 1.807) is 0 Å². The van der Waals surface area contributed by atoms with Gasteiger partial charge in [0.15, 0.2) is 0 Å². The standard InChI is InChI=1S/C8H12OS/c1-8(2)5-3-4-6-10(9)7-8/h4,6-7H2,1-2H3. The lowest BCUT2D eigenvalue weighted by molar-refractivity contribution is 0.571. The van der Waals surface area contributed by atoms with Crippen LogP contribution in [0.25, 0.3) is 0 Å². The summed E-state index contributed by atoms with van der Waals surface area (Å²) in [7, 11) is -0.652. The molecule has 0 fully saturated rings. The van der Waals surface area contributed by atoms with Gasteiger partial charge in [0.2, 0.25) is 0 Å². The zero-order valence-corrected chi connectivity index (χ0v) is 7.25. The monoisotopic (exact) mass is 156 g/mol. The Morgan fingerprint density at radius 1 is 1.50 bits per heavy atom. The molecule has 1 rings (SSSR count). The van der Waals surface area contributed by atoms with Gasteiger partial charge in [0.05, 0.1) is 0 Å². The van der Waals surface area contributed by atoms with E-state index in [9.17, 15) is 4.21 Å². The Kier molecular flexibility index (Phi) is 2.15. The zero-order chi connectivity index (χ0) is 7.61. The summed E-state index contributed by atoms with van der Waals surface area (Å²) < 4.78 is 11.1. The fourth-order valence-electron chi connectivity index (χ4n) is 0.977. The van der Waals surface area contributed by atoms with Gasteiger partial charge in [-0.3, -0.25) is 4.21 Å². The molecule has 0 bridgehead atoms. The summed E-state index contributed by atoms with van der Waals surface area (Å²) in [5.41, 5.74) is -0.0264. The van der Waals surface area contributed by atoms with Crippen LogP contribution in [0.15, 0.2) is 0 Å². The van der Waals surface area contributed by atoms with E-state index >= 15 is 0 Å². The van der Waals surface area contributed by atoms with Crippen molar-refractivity contribution in [1.29, 1.82) is 0 Å². The minimum atomic E-state index is -0.652. The summed E-state index contributed by atoms with van der Waals surface area (Å²) in [6.45, 7) is 4.09. The van der Waals surface area contributed by atoms with Gasteiger partial charge in [-0.25, -0.2) is 0 Å². The molecule has 0 saturated heterocycles. The molecule has 1 unspecified atom stereocenters. The molecule has 0 aromatic carbocycles. The molecular weight excluding hydrogens is 144 g/mol. The second-order valence-corrected chi connectivity index (χ2v) is 4.80. The van der Waals surface area contributed by atoms with Gasteiger partial charge in [-0.2, -0.15) is 0 Å². The minimum absolute atomic E-state index is 0.0264. The molecule has 1 aliphatic heterocycles. The van der Waals surface area contributed by atoms with Gasteiger partial charge in [0.25, 0.3) is 0 Å². The van der Waals surface area contributed by atoms with E-state index in [1.165, 1.54) is 0 Å². The predicted molar refractivity (Wildman–Crippen MR) is 44.1 cm³/mol. The average molecular weight is 156 g/mol. The Balaban J connectivity index is 2.73. The van der Waals surface area contributed by atoms with Crippen molar-refractivity contribution in [3.63, 3.8) is 0 Å². The maximum Gasteiger partial charge on any atom is 0.0396 e. The number of hydrogen-bond acceptors (Lipinski definition) is 1. The maximum absolute atomic E-state index is 11.1. The largest absolute Gasteiger partial charge is 0.259 e. The van der Waals surface area contributed by atoms with E-state index in [4.69, 9.17) is 0 Å². The lowest BCUT2D eigenvalue weighted by atomic mass is 9.98. The molecule has 0 aliphatic carbocycles. The summed E-state index contributed by atoms with van der Waals surface area (Å²) in [4.78, 5) is 0. The van der Waals surface area contributed by atoms with Crippen LogP contribution >= 0.6 is 0 Å². The quantitative estimate of drug-likeness (QED) is 0.481. The molecule has 1 nitrogen and oxygen atoms in total. The summed E-state index contributed by atoms with van der Waals surface area (Å²) in [6.07, 6.45) is 0.802. The van der Waals surface area contributed by atoms with E-state index in [2.05, 4.69) is 11.8 Å². The first-order chi connectivity index (χ1) is 4.60. The Morgan fingerprint density at radius 2 is 2.20 bits per heavy atom. The molecule has 10 heavy (non-hydrogen) atoms. The third-order valence-electron chi connectivity index (χ3n) is 1.40. The van der Waals surface area contributed by atoms with E-state index in [0.717, 1.165) is 17.9 Å². The molecule has 0 aromatic rings. The van der Waals surface area contributed by atoms with Crippen LogP contribution in [0.4, 0.5) is 0 Å². The van der Waals surface area contributed by atoms with Crippen molar-refractivity contribution in [2.24, 2.45) is 5.41 Å². The predicted octanol–water partition coefficient (Wildman–Crippen LogP) is 1.17. The number of hydrogen-bond donors (Lipinski definition) is 0. The fourth-order valence-corrected chi connectivity index (χ4v) is 2.33. The molecule has 0 radical (unpaired) electrons. The first-order valence-electron chi connectivity index (χ1n) is 3.45. The van der Waals surface area contributed by atoms with Crippen molar-refractivity contribution >= 4 is 10.8 Å². The second-order valence-electron chi connectivity index (χ2n) is 3.22. The van der Waals surface area contributed by atoms with Gasteiger partial charge in [-0.15, -0.1) is 5.92 Å². The third kappa shape index (κ3) is 2.15. The molecule has 56 valence electrons. The van der Waals surface area contributed by atoms with Crippen molar-refractivity contribution in [2.45, 2.75) is 20.3 Å². The summed E-state index contributed by atoms with van der Waals surface area (Å²) in [6, 6.07) is 0. The van der Waals surface area contributed by atoms with Crippen molar-refractivity contribution in [1.82, 2.24) is 0 Å². The molecule has 1 atom stereocenters. The molecule has 2 heteroatoms. The summed E-state index contributed by atoms with van der Waals surface area (Å²) in [5, 5.41) is 0. The topological polar surface area (TPSA) is 17.1 Å². The first-order valence-corrected chi connectivity index (χ1v) is 4.94. The Labute approximate surface area is 64.7 Å². The van der Waals surface area contributed by atoms with Crippen LogP contribution in [0.3, 0.4) is 0 Å². The van der Waals surface area contributed by atoms with Crippen LogP contribution < -0.4 is 0 Å². The highest BCUT2D eigenvalue weighted by Gasteiger charge is 2.19. The highest BCUT2D eigenvalue weighted by molar-refractivity contribution is 7.85. The smallest absolute Gasteiger partial charge is 0.0396 e. The molecule has 0 N–H and O–H groups in total. The van der Waals surface area contributed by atoms with Crippen LogP contribution in [0, 0.1) is 17.3 Å². The van der Waals surface area contributed by atoms with E-state index in [-0.39, 0.29) is 5.41 Å². The lowest BCUT2D eigenvalue weighted by Gasteiger charge is -2.13. The summed E-state index contributed by atoms with van der Waals surface area (Å²) >= 11 is 0. The third-order valence-corrected chi connectivity index (χ3v) is 3.11. The molecule has 0 spiro atoms. The Morgan fingerprint density at radius 3 is 2.90 bits per heavy atom. The zero-order valence-electron chi connectivity index (χ0n) is 6.44. The SMILES string of the molecule is CC1(C)C#CCCS(=O)C1. The first kappa shape index (κ1) is 7.81. The van der Waals surface area contributed by atoms with Crippen LogP contribution in [0.1, 0.15) is 20.3 Å². The highest BCUT2D eigenvalue weighted by atomic mass is 32.2. The Bertz CT molecular complexity index is 207. The molecular formula is C8H12OS. The highest BCUT2D eigenvalue weighted by Crippen LogP contribution is 2.17. The minimum Gasteiger partial charge on any atom is -0.259 e. The second kappa shape index (κ2) is 2.75. The molecule has 1 heterocycles. The Hall–Kier alpha value is -0.290. The number of rotatable bonds is 0. The van der Waals surface area contributed by atoms with Crippen molar-refractivity contribution < 1.29 is 4.21 Å². The lowest BCUT2D eigenvalue weighted by Crippen LogP contribution is -2.17. The van der Waals surface area contributed by atoms with Gasteiger partial charge in [-0.1, -0.05) is 5.92 Å². The molecule has 0 amide bonds. The normalized spacial score (nSPS) is 30.0. The van der Waals surface area contributed by atoms with Gasteiger partial charge in [-0.05, 0) is 13.8 Å². The summed E-state index contributed by atoms with van der Waals surface area (Å²) in [5.74, 6) is 7.63. The van der Waals surface area contributed by atoms with Crippen molar-refractivity contribution in [3.05, 3.63) is 0 Å². The maximum atomic E-state index is 11.1. The van der Waals surface area contributed by atoms with Crippen molar-refractivity contribution in [2.75, 3.05) is 11.5 Å². The van der Waals surface area contributed by atoms with E-state index in [0.29, 0.717) is 0 Å². The average Bonchev–Trinajstić information content (AvgIpc) is 1.90. The van der Waals surface area contributed by atoms with E-state index in [1.807, 2.05) is 13.8 Å². The van der Waals surface area contributed by atoms with Gasteiger partial charge < -0.3 is 0 Å². The molecule has 0 aromatic heterocycles.